The Balaban J connectivity index is 2.06. The number of hydrogen-bond acceptors (Lipinski definition) is 4. The molecule has 0 saturated heterocycles. The molecule has 0 aliphatic carbocycles. The molecule has 0 saturated carbocycles. The monoisotopic (exact) mass is 372 g/mol. The summed E-state index contributed by atoms with van der Waals surface area (Å²) in [6.07, 6.45) is 4.84. The van der Waals surface area contributed by atoms with E-state index in [2.05, 4.69) is 33.3 Å². The van der Waals surface area contributed by atoms with Gasteiger partial charge in [-0.05, 0) is 40.5 Å². The molecule has 2 rings (SSSR count). The Morgan fingerprint density at radius 1 is 1.43 bits per heavy atom. The number of aryl methyl sites for hydroxylation is 1. The van der Waals surface area contributed by atoms with E-state index in [0.29, 0.717) is 11.0 Å². The van der Waals surface area contributed by atoms with Crippen LogP contribution in [0.15, 0.2) is 40.0 Å². The number of nitrogens with zero attached hydrogens (tertiary/aromatic N) is 2. The lowest BCUT2D eigenvalue weighted by molar-refractivity contribution is 0.597. The maximum atomic E-state index is 11.3. The maximum absolute atomic E-state index is 11.3. The molecule has 0 aliphatic heterocycles. The van der Waals surface area contributed by atoms with Gasteiger partial charge in [0.25, 0.3) is 0 Å². The molecule has 1 aromatic carbocycles. The highest BCUT2D eigenvalue weighted by atomic mass is 79.9. The second kappa shape index (κ2) is 6.59. The Kier molecular flexibility index (Phi) is 5.02. The van der Waals surface area contributed by atoms with Gasteiger partial charge in [0.1, 0.15) is 0 Å². The molecule has 0 fully saturated rings. The minimum atomic E-state index is -3.68. The second-order valence-electron chi connectivity index (χ2n) is 4.65. The van der Waals surface area contributed by atoms with E-state index < -0.39 is 10.0 Å². The standard InChI is InChI=1S/C13H17BrN4O2S/c1-2-5-18-9-10(8-17-18)7-16-13-4-3-11(6-12(13)14)21(15,19)20/h3-4,6,8-9,16H,2,5,7H2,1H3,(H2,15,19,20). The van der Waals surface area contributed by atoms with E-state index in [1.807, 2.05) is 17.1 Å². The quantitative estimate of drug-likeness (QED) is 0.813. The number of primary sulfonamides is 1. The summed E-state index contributed by atoms with van der Waals surface area (Å²) in [7, 11) is -3.68. The van der Waals surface area contributed by atoms with Crippen LogP contribution in [0.25, 0.3) is 0 Å². The van der Waals surface area contributed by atoms with Crippen LogP contribution in [0.3, 0.4) is 0 Å². The van der Waals surface area contributed by atoms with Gasteiger partial charge in [-0.1, -0.05) is 6.92 Å². The van der Waals surface area contributed by atoms with Crippen molar-refractivity contribution in [3.05, 3.63) is 40.6 Å². The van der Waals surface area contributed by atoms with Crippen molar-refractivity contribution in [2.45, 2.75) is 31.3 Å². The second-order valence-corrected chi connectivity index (χ2v) is 7.07. The van der Waals surface area contributed by atoms with Crippen LogP contribution < -0.4 is 10.5 Å². The van der Waals surface area contributed by atoms with Crippen molar-refractivity contribution in [2.24, 2.45) is 5.14 Å². The van der Waals surface area contributed by atoms with E-state index >= 15 is 0 Å². The average Bonchev–Trinajstić information content (AvgIpc) is 2.84. The highest BCUT2D eigenvalue weighted by molar-refractivity contribution is 9.10. The van der Waals surface area contributed by atoms with Crippen LogP contribution in [-0.2, 0) is 23.1 Å². The van der Waals surface area contributed by atoms with Crippen LogP contribution in [0, 0.1) is 0 Å². The van der Waals surface area contributed by atoms with Gasteiger partial charge in [-0.15, -0.1) is 0 Å². The minimum absolute atomic E-state index is 0.0793. The van der Waals surface area contributed by atoms with Crippen molar-refractivity contribution >= 4 is 31.6 Å². The van der Waals surface area contributed by atoms with Crippen LogP contribution in [0.1, 0.15) is 18.9 Å². The molecule has 0 spiro atoms. The first kappa shape index (κ1) is 16.0. The number of benzene rings is 1. The topological polar surface area (TPSA) is 90.0 Å². The van der Waals surface area contributed by atoms with Crippen LogP contribution in [-0.4, -0.2) is 18.2 Å². The molecule has 0 bridgehead atoms. The summed E-state index contributed by atoms with van der Waals surface area (Å²) in [6, 6.07) is 4.64. The van der Waals surface area contributed by atoms with Gasteiger partial charge < -0.3 is 5.32 Å². The molecule has 0 aliphatic rings. The highest BCUT2D eigenvalue weighted by Gasteiger charge is 2.10. The predicted octanol–water partition coefficient (Wildman–Crippen LogP) is 2.32. The first-order chi connectivity index (χ1) is 9.90. The van der Waals surface area contributed by atoms with Crippen LogP contribution >= 0.6 is 15.9 Å². The number of sulfonamides is 1. The first-order valence-electron chi connectivity index (χ1n) is 6.47. The minimum Gasteiger partial charge on any atom is -0.380 e. The lowest BCUT2D eigenvalue weighted by atomic mass is 10.3. The third-order valence-corrected chi connectivity index (χ3v) is 4.46. The number of nitrogens with two attached hydrogens (primary N) is 1. The van der Waals surface area contributed by atoms with E-state index in [9.17, 15) is 8.42 Å². The summed E-state index contributed by atoms with van der Waals surface area (Å²) in [5.74, 6) is 0. The molecule has 6 nitrogen and oxygen atoms in total. The van der Waals surface area contributed by atoms with E-state index in [4.69, 9.17) is 5.14 Å². The van der Waals surface area contributed by atoms with E-state index in [1.54, 1.807) is 6.07 Å². The lowest BCUT2D eigenvalue weighted by Crippen LogP contribution is -2.12. The number of hydrogen-bond donors (Lipinski definition) is 2. The van der Waals surface area contributed by atoms with Crippen molar-refractivity contribution in [1.82, 2.24) is 9.78 Å². The molecule has 0 amide bonds. The Morgan fingerprint density at radius 3 is 2.81 bits per heavy atom. The molecule has 21 heavy (non-hydrogen) atoms. The number of halogens is 1. The molecule has 114 valence electrons. The van der Waals surface area contributed by atoms with E-state index in [0.717, 1.165) is 24.2 Å². The van der Waals surface area contributed by atoms with Crippen LogP contribution in [0.5, 0.6) is 0 Å². The molecule has 2 aromatic rings. The SMILES string of the molecule is CCCn1cc(CNc2ccc(S(N)(=O)=O)cc2Br)cn1. The van der Waals surface area contributed by atoms with Gasteiger partial charge in [0.05, 0.1) is 11.1 Å². The third kappa shape index (κ3) is 4.29. The van der Waals surface area contributed by atoms with Crippen LogP contribution in [0.2, 0.25) is 0 Å². The third-order valence-electron chi connectivity index (χ3n) is 2.89. The highest BCUT2D eigenvalue weighted by Crippen LogP contribution is 2.25. The number of anilines is 1. The zero-order valence-corrected chi connectivity index (χ0v) is 14.0. The van der Waals surface area contributed by atoms with Crippen molar-refractivity contribution in [1.29, 1.82) is 0 Å². The Bertz CT molecular complexity index is 728. The van der Waals surface area contributed by atoms with E-state index in [-0.39, 0.29) is 4.90 Å². The molecule has 1 heterocycles. The smallest absolute Gasteiger partial charge is 0.238 e. The normalized spacial score (nSPS) is 11.6. The molecule has 8 heteroatoms. The van der Waals surface area contributed by atoms with Crippen LogP contribution in [0.4, 0.5) is 5.69 Å². The molecule has 0 atom stereocenters. The van der Waals surface area contributed by atoms with Gasteiger partial charge in [0.2, 0.25) is 10.0 Å². The summed E-state index contributed by atoms with van der Waals surface area (Å²) in [6.45, 7) is 3.60. The lowest BCUT2D eigenvalue weighted by Gasteiger charge is -2.08. The molecule has 0 unspecified atom stereocenters. The number of aromatic nitrogens is 2. The Hall–Kier alpha value is -1.38. The summed E-state index contributed by atoms with van der Waals surface area (Å²) < 4.78 is 25.1. The largest absolute Gasteiger partial charge is 0.380 e. The van der Waals surface area contributed by atoms with Crippen molar-refractivity contribution < 1.29 is 8.42 Å². The Morgan fingerprint density at radius 2 is 2.19 bits per heavy atom. The van der Waals surface area contributed by atoms with Gasteiger partial charge >= 0.3 is 0 Å². The zero-order valence-electron chi connectivity index (χ0n) is 11.6. The Labute approximate surface area is 132 Å². The van der Waals surface area contributed by atoms with E-state index in [1.165, 1.54) is 12.1 Å². The number of rotatable bonds is 6. The summed E-state index contributed by atoms with van der Waals surface area (Å²) >= 11 is 3.34. The summed E-state index contributed by atoms with van der Waals surface area (Å²) in [4.78, 5) is 0.0793. The average molecular weight is 373 g/mol. The fourth-order valence-electron chi connectivity index (χ4n) is 1.86. The summed E-state index contributed by atoms with van der Waals surface area (Å²) in [5, 5.41) is 12.6. The maximum Gasteiger partial charge on any atom is 0.238 e. The predicted molar refractivity (Wildman–Crippen MR) is 85.4 cm³/mol. The van der Waals surface area contributed by atoms with Gasteiger partial charge in [-0.3, -0.25) is 4.68 Å². The molecular weight excluding hydrogens is 356 g/mol. The van der Waals surface area contributed by atoms with Crippen molar-refractivity contribution in [3.63, 3.8) is 0 Å². The molecule has 0 radical (unpaired) electrons. The number of nitrogens with one attached hydrogen (secondary N) is 1. The fraction of sp³-hybridized carbons (Fsp3) is 0.308. The zero-order chi connectivity index (χ0) is 15.5. The fourth-order valence-corrected chi connectivity index (χ4v) is 3.07. The first-order valence-corrected chi connectivity index (χ1v) is 8.81. The van der Waals surface area contributed by atoms with Gasteiger partial charge in [-0.25, -0.2) is 13.6 Å². The van der Waals surface area contributed by atoms with Crippen molar-refractivity contribution in [2.75, 3.05) is 5.32 Å². The van der Waals surface area contributed by atoms with Gasteiger partial charge in [0.15, 0.2) is 0 Å². The summed E-state index contributed by atoms with van der Waals surface area (Å²) in [5.41, 5.74) is 1.86. The van der Waals surface area contributed by atoms with Gasteiger partial charge in [0, 0.05) is 35.0 Å². The molecular formula is C13H17BrN4O2S. The van der Waals surface area contributed by atoms with Gasteiger partial charge in [-0.2, -0.15) is 5.10 Å². The molecule has 1 aromatic heterocycles. The van der Waals surface area contributed by atoms with Crippen molar-refractivity contribution in [3.8, 4) is 0 Å². The molecule has 3 N–H and O–H groups in total.